The zero-order chi connectivity index (χ0) is 19.1. The van der Waals surface area contributed by atoms with Crippen LogP contribution in [0, 0.1) is 6.92 Å². The van der Waals surface area contributed by atoms with Crippen LogP contribution in [-0.4, -0.2) is 45.4 Å². The molecule has 1 aromatic carbocycles. The minimum atomic E-state index is -1.11. The molecule has 1 aliphatic heterocycles. The van der Waals surface area contributed by atoms with Gasteiger partial charge in [0.2, 0.25) is 0 Å². The summed E-state index contributed by atoms with van der Waals surface area (Å²) >= 11 is 2.29. The van der Waals surface area contributed by atoms with Gasteiger partial charge in [-0.1, -0.05) is 0 Å². The third-order valence-corrected chi connectivity index (χ3v) is 6.52. The number of hydrogen-bond donors (Lipinski definition) is 0. The van der Waals surface area contributed by atoms with E-state index in [0.717, 1.165) is 22.0 Å². The third kappa shape index (κ3) is 4.14. The Kier molecular flexibility index (Phi) is 5.78. The van der Waals surface area contributed by atoms with Gasteiger partial charge in [-0.25, -0.2) is 13.6 Å². The standard InChI is InChI=1S/C18H24FIN3O2P/c1-11-7-12-9-21-23(26-20)16(12)8-14(11)13-5-6-22(10-15(13)19)17(24)25-18(2,3)4/h7-9,13,15,26H,5-6,10H2,1-4H3. The molecular formula is C18H24FIN3O2P. The number of benzene rings is 1. The zero-order valence-corrected chi connectivity index (χ0v) is 18.6. The van der Waals surface area contributed by atoms with Crippen molar-refractivity contribution in [3.05, 3.63) is 29.5 Å². The van der Waals surface area contributed by atoms with Crippen LogP contribution in [0.2, 0.25) is 0 Å². The lowest BCUT2D eigenvalue weighted by molar-refractivity contribution is 0.0111. The molecule has 8 heteroatoms. The van der Waals surface area contributed by atoms with E-state index >= 15 is 0 Å². The van der Waals surface area contributed by atoms with E-state index < -0.39 is 17.9 Å². The Balaban J connectivity index is 1.80. The van der Waals surface area contributed by atoms with Crippen molar-refractivity contribution >= 4 is 45.4 Å². The van der Waals surface area contributed by atoms with Gasteiger partial charge < -0.3 is 9.64 Å². The molecule has 0 N–H and O–H groups in total. The Labute approximate surface area is 168 Å². The number of halogens is 2. The summed E-state index contributed by atoms with van der Waals surface area (Å²) in [5.74, 6) is -0.209. The van der Waals surface area contributed by atoms with Crippen LogP contribution in [0.5, 0.6) is 0 Å². The number of ether oxygens (including phenoxy) is 1. The SMILES string of the molecule is Cc1cc2cnn(PI)c2cc1C1CCN(C(=O)OC(C)(C)C)CC1F. The number of alkyl halides is 1. The van der Waals surface area contributed by atoms with Gasteiger partial charge in [-0.3, -0.25) is 0 Å². The molecule has 0 bridgehead atoms. The van der Waals surface area contributed by atoms with E-state index in [2.05, 4.69) is 39.3 Å². The highest BCUT2D eigenvalue weighted by Crippen LogP contribution is 2.36. The van der Waals surface area contributed by atoms with Crippen molar-refractivity contribution in [1.29, 1.82) is 0 Å². The lowest BCUT2D eigenvalue weighted by atomic mass is 9.85. The van der Waals surface area contributed by atoms with Crippen LogP contribution in [0.3, 0.4) is 0 Å². The largest absolute Gasteiger partial charge is 0.444 e. The van der Waals surface area contributed by atoms with Crippen molar-refractivity contribution in [2.75, 3.05) is 13.1 Å². The van der Waals surface area contributed by atoms with Gasteiger partial charge in [0.15, 0.2) is 0 Å². The number of aryl methyl sites for hydroxylation is 1. The number of fused-ring (bicyclic) bond motifs is 1. The molecule has 26 heavy (non-hydrogen) atoms. The highest BCUT2D eigenvalue weighted by Gasteiger charge is 2.35. The van der Waals surface area contributed by atoms with Crippen LogP contribution >= 0.6 is 28.4 Å². The molecule has 3 atom stereocenters. The van der Waals surface area contributed by atoms with Gasteiger partial charge in [0.25, 0.3) is 0 Å². The van der Waals surface area contributed by atoms with Crippen molar-refractivity contribution in [2.45, 2.75) is 51.8 Å². The van der Waals surface area contributed by atoms with Crippen molar-refractivity contribution < 1.29 is 13.9 Å². The molecule has 2 heterocycles. The van der Waals surface area contributed by atoms with E-state index in [9.17, 15) is 9.18 Å². The predicted molar refractivity (Wildman–Crippen MR) is 112 cm³/mol. The van der Waals surface area contributed by atoms with Gasteiger partial charge in [0, 0.05) is 17.8 Å². The first-order valence-corrected chi connectivity index (χ1v) is 12.7. The number of likely N-dealkylation sites (tertiary alicyclic amines) is 1. The first kappa shape index (κ1) is 19.8. The number of rotatable bonds is 2. The lowest BCUT2D eigenvalue weighted by Gasteiger charge is -2.36. The van der Waals surface area contributed by atoms with Gasteiger partial charge >= 0.3 is 6.09 Å². The summed E-state index contributed by atoms with van der Waals surface area (Å²) in [5, 5.41) is 5.47. The number of aromatic nitrogens is 2. The fourth-order valence-corrected chi connectivity index (χ4v) is 4.96. The van der Waals surface area contributed by atoms with Crippen LogP contribution in [-0.2, 0) is 4.74 Å². The highest BCUT2D eigenvalue weighted by atomic mass is 127. The Morgan fingerprint density at radius 2 is 2.15 bits per heavy atom. The average Bonchev–Trinajstić information content (AvgIpc) is 2.94. The molecule has 1 aliphatic rings. The smallest absolute Gasteiger partial charge is 0.410 e. The van der Waals surface area contributed by atoms with Gasteiger partial charge in [0.05, 0.1) is 24.6 Å². The van der Waals surface area contributed by atoms with E-state index in [-0.39, 0.29) is 12.5 Å². The lowest BCUT2D eigenvalue weighted by Crippen LogP contribution is -2.46. The van der Waals surface area contributed by atoms with E-state index in [0.29, 0.717) is 19.3 Å². The summed E-state index contributed by atoms with van der Waals surface area (Å²) in [5.41, 5.74) is 2.57. The molecule has 1 fully saturated rings. The normalized spacial score (nSPS) is 21.7. The van der Waals surface area contributed by atoms with E-state index in [1.165, 1.54) is 4.90 Å². The van der Waals surface area contributed by atoms with E-state index in [1.54, 1.807) is 0 Å². The van der Waals surface area contributed by atoms with Crippen molar-refractivity contribution in [3.8, 4) is 0 Å². The Morgan fingerprint density at radius 3 is 2.77 bits per heavy atom. The second kappa shape index (κ2) is 7.58. The fraction of sp³-hybridized carbons (Fsp3) is 0.556. The number of nitrogens with zero attached hydrogens (tertiary/aromatic N) is 3. The molecule has 1 amide bonds. The number of amides is 1. The fourth-order valence-electron chi connectivity index (χ4n) is 3.42. The van der Waals surface area contributed by atoms with Gasteiger partial charge in [-0.05, 0) is 79.4 Å². The van der Waals surface area contributed by atoms with Crippen molar-refractivity contribution in [2.24, 2.45) is 0 Å². The minimum absolute atomic E-state index is 0.0738. The molecule has 0 radical (unpaired) electrons. The number of carbonyl (C=O) groups is 1. The molecule has 0 saturated carbocycles. The zero-order valence-electron chi connectivity index (χ0n) is 15.4. The molecule has 2 aromatic rings. The Hall–Kier alpha value is -0.950. The van der Waals surface area contributed by atoms with Gasteiger partial charge in [0.1, 0.15) is 11.8 Å². The average molecular weight is 491 g/mol. The van der Waals surface area contributed by atoms with Crippen LogP contribution < -0.4 is 0 Å². The van der Waals surface area contributed by atoms with E-state index in [1.807, 2.05) is 38.3 Å². The van der Waals surface area contributed by atoms with Gasteiger partial charge in [-0.2, -0.15) is 5.10 Å². The topological polar surface area (TPSA) is 47.4 Å². The molecule has 0 aliphatic carbocycles. The first-order chi connectivity index (χ1) is 12.2. The number of piperidine rings is 1. The van der Waals surface area contributed by atoms with Crippen molar-refractivity contribution in [1.82, 2.24) is 14.5 Å². The second-order valence-electron chi connectivity index (χ2n) is 7.75. The molecule has 0 spiro atoms. The summed E-state index contributed by atoms with van der Waals surface area (Å²) in [6, 6.07) is 4.15. The summed E-state index contributed by atoms with van der Waals surface area (Å²) in [6.07, 6.45) is 1.41. The maximum Gasteiger partial charge on any atom is 0.410 e. The third-order valence-electron chi connectivity index (χ3n) is 4.63. The predicted octanol–water partition coefficient (Wildman–Crippen LogP) is 5.20. The molecule has 1 saturated heterocycles. The van der Waals surface area contributed by atoms with Crippen LogP contribution in [0.25, 0.3) is 10.9 Å². The van der Waals surface area contributed by atoms with Crippen LogP contribution in [0.15, 0.2) is 18.3 Å². The number of hydrogen-bond acceptors (Lipinski definition) is 3. The summed E-state index contributed by atoms with van der Waals surface area (Å²) in [6.45, 7) is 8.06. The minimum Gasteiger partial charge on any atom is -0.444 e. The summed E-state index contributed by atoms with van der Waals surface area (Å²) in [4.78, 5) is 13.7. The molecule has 3 unspecified atom stereocenters. The number of carbonyl (C=O) groups excluding carboxylic acids is 1. The van der Waals surface area contributed by atoms with Crippen LogP contribution in [0.4, 0.5) is 9.18 Å². The second-order valence-corrected chi connectivity index (χ2v) is 9.79. The molecule has 142 valence electrons. The Morgan fingerprint density at radius 1 is 1.42 bits per heavy atom. The van der Waals surface area contributed by atoms with E-state index in [4.69, 9.17) is 4.74 Å². The first-order valence-electron chi connectivity index (χ1n) is 8.66. The highest BCUT2D eigenvalue weighted by molar-refractivity contribution is 14.2. The van der Waals surface area contributed by atoms with Gasteiger partial charge in [-0.15, -0.1) is 0 Å². The molecule has 3 rings (SSSR count). The Bertz CT molecular complexity index is 821. The monoisotopic (exact) mass is 491 g/mol. The quantitative estimate of drug-likeness (QED) is 0.429. The molecule has 1 aromatic heterocycles. The summed E-state index contributed by atoms with van der Waals surface area (Å²) in [7, 11) is 0. The van der Waals surface area contributed by atoms with Crippen LogP contribution in [0.1, 0.15) is 44.2 Å². The maximum absolute atomic E-state index is 15.0. The molecule has 5 nitrogen and oxygen atoms in total. The summed E-state index contributed by atoms with van der Waals surface area (Å²) < 4.78 is 22.3. The van der Waals surface area contributed by atoms with Crippen molar-refractivity contribution in [3.63, 3.8) is 0 Å². The molecular weight excluding hydrogens is 467 g/mol. The maximum atomic E-state index is 15.0.